The zero-order valence-electron chi connectivity index (χ0n) is 21.0. The van der Waals surface area contributed by atoms with Gasteiger partial charge in [0.1, 0.15) is 0 Å². The third kappa shape index (κ3) is 3.28. The van der Waals surface area contributed by atoms with Crippen LogP contribution >= 0.6 is 0 Å². The van der Waals surface area contributed by atoms with Gasteiger partial charge in [0.25, 0.3) is 0 Å². The molecule has 0 saturated heterocycles. The van der Waals surface area contributed by atoms with Crippen molar-refractivity contribution in [3.63, 3.8) is 0 Å². The van der Waals surface area contributed by atoms with E-state index in [0.717, 1.165) is 49.6 Å². The summed E-state index contributed by atoms with van der Waals surface area (Å²) >= 11 is 0. The van der Waals surface area contributed by atoms with Crippen LogP contribution in [0.1, 0.15) is 77.0 Å². The molecule has 8 saturated carbocycles. The summed E-state index contributed by atoms with van der Waals surface area (Å²) in [5.41, 5.74) is 2.36. The monoisotopic (exact) mass is 484 g/mol. The Balaban J connectivity index is 1.11. The van der Waals surface area contributed by atoms with Gasteiger partial charge in [0, 0.05) is 12.4 Å². The SMILES string of the molecule is O=C(Nc1cc2nccnc2cc1NC(=O)C12CC3CC(CC(C3)C1)C2)C12CC3CC(CC(C3)C1)C2. The lowest BCUT2D eigenvalue weighted by Gasteiger charge is -2.56. The molecule has 8 fully saturated rings. The highest BCUT2D eigenvalue weighted by Crippen LogP contribution is 2.61. The Morgan fingerprint density at radius 2 is 0.889 bits per heavy atom. The molecule has 2 aromatic rings. The van der Waals surface area contributed by atoms with E-state index in [0.29, 0.717) is 46.9 Å². The number of nitrogens with one attached hydrogen (secondary N) is 2. The maximum atomic E-state index is 13.9. The average molecular weight is 485 g/mol. The molecule has 1 aromatic heterocycles. The lowest BCUT2D eigenvalue weighted by atomic mass is 9.49. The van der Waals surface area contributed by atoms with Crippen LogP contribution in [0.3, 0.4) is 0 Å². The Morgan fingerprint density at radius 1 is 0.583 bits per heavy atom. The van der Waals surface area contributed by atoms with Crippen LogP contribution in [0.15, 0.2) is 24.5 Å². The van der Waals surface area contributed by atoms with Crippen molar-refractivity contribution in [3.05, 3.63) is 24.5 Å². The van der Waals surface area contributed by atoms with E-state index in [1.807, 2.05) is 12.1 Å². The molecule has 8 bridgehead atoms. The zero-order valence-corrected chi connectivity index (χ0v) is 21.0. The van der Waals surface area contributed by atoms with E-state index in [2.05, 4.69) is 20.6 Å². The van der Waals surface area contributed by atoms with Crippen LogP contribution in [-0.4, -0.2) is 21.8 Å². The van der Waals surface area contributed by atoms with Gasteiger partial charge in [-0.2, -0.15) is 0 Å². The van der Waals surface area contributed by atoms with Gasteiger partial charge in [-0.15, -0.1) is 0 Å². The van der Waals surface area contributed by atoms with Gasteiger partial charge in [0.05, 0.1) is 33.2 Å². The second kappa shape index (κ2) is 7.52. The first-order valence-electron chi connectivity index (χ1n) is 14.3. The molecule has 6 nitrogen and oxygen atoms in total. The number of nitrogens with zero attached hydrogens (tertiary/aromatic N) is 2. The third-order valence-electron chi connectivity index (χ3n) is 11.1. The summed E-state index contributed by atoms with van der Waals surface area (Å²) in [6.07, 6.45) is 17.3. The lowest BCUT2D eigenvalue weighted by molar-refractivity contribution is -0.141. The number of fused-ring (bicyclic) bond motifs is 1. The summed E-state index contributed by atoms with van der Waals surface area (Å²) in [7, 11) is 0. The molecule has 36 heavy (non-hydrogen) atoms. The van der Waals surface area contributed by atoms with Crippen molar-refractivity contribution in [2.75, 3.05) is 10.6 Å². The summed E-state index contributed by atoms with van der Waals surface area (Å²) in [5, 5.41) is 6.63. The van der Waals surface area contributed by atoms with Crippen molar-refractivity contribution in [2.45, 2.75) is 77.0 Å². The highest BCUT2D eigenvalue weighted by atomic mass is 16.2. The minimum Gasteiger partial charge on any atom is -0.324 e. The summed E-state index contributed by atoms with van der Waals surface area (Å²) in [6.45, 7) is 0. The first-order valence-corrected chi connectivity index (χ1v) is 14.3. The van der Waals surface area contributed by atoms with E-state index in [-0.39, 0.29) is 22.6 Å². The van der Waals surface area contributed by atoms with Gasteiger partial charge < -0.3 is 10.6 Å². The largest absolute Gasteiger partial charge is 0.324 e. The second-order valence-corrected chi connectivity index (χ2v) is 13.7. The number of benzene rings is 1. The van der Waals surface area contributed by atoms with E-state index in [4.69, 9.17) is 0 Å². The number of carbonyl (C=O) groups excluding carboxylic acids is 2. The molecule has 6 heteroatoms. The molecular formula is C30H36N4O2. The Bertz CT molecular complexity index is 1100. The summed E-state index contributed by atoms with van der Waals surface area (Å²) < 4.78 is 0. The second-order valence-electron chi connectivity index (χ2n) is 13.7. The molecule has 8 aliphatic carbocycles. The fourth-order valence-corrected chi connectivity index (χ4v) is 10.5. The van der Waals surface area contributed by atoms with Gasteiger partial charge >= 0.3 is 0 Å². The number of aromatic nitrogens is 2. The number of amides is 2. The van der Waals surface area contributed by atoms with E-state index in [1.165, 1.54) is 38.5 Å². The van der Waals surface area contributed by atoms with Crippen LogP contribution in [0.2, 0.25) is 0 Å². The topological polar surface area (TPSA) is 84.0 Å². The van der Waals surface area contributed by atoms with Crippen molar-refractivity contribution in [1.82, 2.24) is 9.97 Å². The fraction of sp³-hybridized carbons (Fsp3) is 0.667. The normalized spacial score (nSPS) is 41.6. The number of hydrogen-bond donors (Lipinski definition) is 2. The molecular weight excluding hydrogens is 448 g/mol. The fourth-order valence-electron chi connectivity index (χ4n) is 10.5. The minimum atomic E-state index is -0.243. The number of anilines is 2. The number of rotatable bonds is 4. The van der Waals surface area contributed by atoms with Gasteiger partial charge in [-0.3, -0.25) is 19.6 Å². The standard InChI is InChI=1S/C30H36N4O2/c35-27(29-11-17-3-18(12-29)5-19(4-17)13-29)33-25-9-23-24(32-2-1-31-23)10-26(25)34-28(36)30-14-20-6-21(15-30)8-22(7-20)16-30/h1-2,9-10,17-22H,3-8,11-16H2,(H,33,35)(H,34,36). The third-order valence-corrected chi connectivity index (χ3v) is 11.1. The minimum absolute atomic E-state index is 0.148. The molecule has 8 aliphatic rings. The van der Waals surface area contributed by atoms with Gasteiger partial charge in [-0.25, -0.2) is 0 Å². The van der Waals surface area contributed by atoms with Crippen molar-refractivity contribution in [1.29, 1.82) is 0 Å². The maximum Gasteiger partial charge on any atom is 0.230 e. The van der Waals surface area contributed by atoms with Gasteiger partial charge in [0.2, 0.25) is 11.8 Å². The van der Waals surface area contributed by atoms with Crippen molar-refractivity contribution < 1.29 is 9.59 Å². The van der Waals surface area contributed by atoms with E-state index in [1.54, 1.807) is 12.4 Å². The van der Waals surface area contributed by atoms with Crippen LogP contribution in [0.4, 0.5) is 11.4 Å². The summed E-state index contributed by atoms with van der Waals surface area (Å²) in [6, 6.07) is 3.83. The Kier molecular flexibility index (Phi) is 4.50. The number of hydrogen-bond acceptors (Lipinski definition) is 4. The molecule has 2 N–H and O–H groups in total. The first-order chi connectivity index (χ1) is 17.5. The first kappa shape index (κ1) is 21.6. The molecule has 0 radical (unpaired) electrons. The van der Waals surface area contributed by atoms with Crippen molar-refractivity contribution in [2.24, 2.45) is 46.3 Å². The highest BCUT2D eigenvalue weighted by molar-refractivity contribution is 6.05. The summed E-state index contributed by atoms with van der Waals surface area (Å²) in [5.74, 6) is 4.55. The Morgan fingerprint density at radius 3 is 1.19 bits per heavy atom. The Labute approximate surface area is 212 Å². The average Bonchev–Trinajstić information content (AvgIpc) is 2.82. The molecule has 1 heterocycles. The molecule has 0 atom stereocenters. The highest BCUT2D eigenvalue weighted by Gasteiger charge is 2.56. The van der Waals surface area contributed by atoms with Gasteiger partial charge in [-0.05, 0) is 125 Å². The molecule has 0 spiro atoms. The zero-order chi connectivity index (χ0) is 24.1. The van der Waals surface area contributed by atoms with Crippen LogP contribution in [0.5, 0.6) is 0 Å². The molecule has 188 valence electrons. The predicted octanol–water partition coefficient (Wildman–Crippen LogP) is 5.94. The quantitative estimate of drug-likeness (QED) is 0.563. The van der Waals surface area contributed by atoms with Crippen LogP contribution in [-0.2, 0) is 9.59 Å². The molecule has 2 amide bonds. The lowest BCUT2D eigenvalue weighted by Crippen LogP contribution is -2.52. The smallest absolute Gasteiger partial charge is 0.230 e. The molecule has 10 rings (SSSR count). The molecule has 0 unspecified atom stereocenters. The summed E-state index contributed by atoms with van der Waals surface area (Å²) in [4.78, 5) is 36.8. The van der Waals surface area contributed by atoms with Crippen LogP contribution in [0, 0.1) is 46.3 Å². The van der Waals surface area contributed by atoms with E-state index >= 15 is 0 Å². The Hall–Kier alpha value is -2.50. The maximum absolute atomic E-state index is 13.9. The van der Waals surface area contributed by atoms with Crippen molar-refractivity contribution in [3.8, 4) is 0 Å². The van der Waals surface area contributed by atoms with Crippen molar-refractivity contribution >= 4 is 34.2 Å². The molecule has 0 aliphatic heterocycles. The van der Waals surface area contributed by atoms with Crippen LogP contribution in [0.25, 0.3) is 11.0 Å². The van der Waals surface area contributed by atoms with Gasteiger partial charge in [0.15, 0.2) is 0 Å². The van der Waals surface area contributed by atoms with E-state index < -0.39 is 0 Å². The molecule has 1 aromatic carbocycles. The van der Waals surface area contributed by atoms with Crippen LogP contribution < -0.4 is 10.6 Å². The predicted molar refractivity (Wildman–Crippen MR) is 138 cm³/mol. The van der Waals surface area contributed by atoms with Gasteiger partial charge in [-0.1, -0.05) is 0 Å². The number of carbonyl (C=O) groups is 2. The van der Waals surface area contributed by atoms with E-state index in [9.17, 15) is 9.59 Å².